The molecule has 0 aromatic heterocycles. The summed E-state index contributed by atoms with van der Waals surface area (Å²) < 4.78 is 11.4. The quantitative estimate of drug-likeness (QED) is 0.778. The van der Waals surface area contributed by atoms with Gasteiger partial charge in [-0.3, -0.25) is 0 Å². The third-order valence-electron chi connectivity index (χ3n) is 2.25. The Morgan fingerprint density at radius 3 is 2.62 bits per heavy atom. The molecule has 0 amide bonds. The first-order chi connectivity index (χ1) is 7.69. The first-order valence-electron chi connectivity index (χ1n) is 5.56. The van der Waals surface area contributed by atoms with Gasteiger partial charge in [-0.15, -0.1) is 0 Å². The van der Waals surface area contributed by atoms with Gasteiger partial charge in [0.25, 0.3) is 0 Å². The highest BCUT2D eigenvalue weighted by atomic mass is 16.5. The molecule has 1 fully saturated rings. The summed E-state index contributed by atoms with van der Waals surface area (Å²) in [5.41, 5.74) is 0.603. The summed E-state index contributed by atoms with van der Waals surface area (Å²) >= 11 is 0. The summed E-state index contributed by atoms with van der Waals surface area (Å²) in [5.74, 6) is 1.41. The minimum absolute atomic E-state index is 0.106. The van der Waals surface area contributed by atoms with Gasteiger partial charge in [-0.25, -0.2) is 0 Å². The van der Waals surface area contributed by atoms with Gasteiger partial charge in [0.05, 0.1) is 23.8 Å². The zero-order valence-corrected chi connectivity index (χ0v) is 9.56. The summed E-state index contributed by atoms with van der Waals surface area (Å²) in [6.45, 7) is 3.94. The normalized spacial score (nSPS) is 14.6. The zero-order chi connectivity index (χ0) is 11.5. The minimum atomic E-state index is 0.106. The second-order valence-corrected chi connectivity index (χ2v) is 4.26. The van der Waals surface area contributed by atoms with Gasteiger partial charge in [-0.2, -0.15) is 5.26 Å². The largest absolute Gasteiger partial charge is 0.487 e. The standard InChI is InChI=1S/C13H15NO2/c1-9(2)15-12-6-3-10(8-14)7-13(12)16-11-4-5-11/h3,6-7,9,11H,4-5H2,1-2H3. The van der Waals surface area contributed by atoms with E-state index in [4.69, 9.17) is 14.7 Å². The van der Waals surface area contributed by atoms with Crippen LogP contribution < -0.4 is 9.47 Å². The lowest BCUT2D eigenvalue weighted by molar-refractivity contribution is 0.217. The molecular formula is C13H15NO2. The number of nitriles is 1. The molecule has 0 heterocycles. The number of hydrogen-bond acceptors (Lipinski definition) is 3. The van der Waals surface area contributed by atoms with E-state index in [1.807, 2.05) is 13.8 Å². The van der Waals surface area contributed by atoms with Gasteiger partial charge in [0.15, 0.2) is 11.5 Å². The van der Waals surface area contributed by atoms with Crippen LogP contribution in [0.15, 0.2) is 18.2 Å². The van der Waals surface area contributed by atoms with Crippen molar-refractivity contribution in [1.29, 1.82) is 5.26 Å². The number of hydrogen-bond donors (Lipinski definition) is 0. The summed E-state index contributed by atoms with van der Waals surface area (Å²) in [5, 5.41) is 8.84. The van der Waals surface area contributed by atoms with Crippen molar-refractivity contribution >= 4 is 0 Å². The summed E-state index contributed by atoms with van der Waals surface area (Å²) in [7, 11) is 0. The van der Waals surface area contributed by atoms with Gasteiger partial charge < -0.3 is 9.47 Å². The Morgan fingerprint density at radius 2 is 2.06 bits per heavy atom. The third kappa shape index (κ3) is 2.66. The maximum Gasteiger partial charge on any atom is 0.162 e. The van der Waals surface area contributed by atoms with Crippen LogP contribution in [0.3, 0.4) is 0 Å². The lowest BCUT2D eigenvalue weighted by Crippen LogP contribution is -2.08. The van der Waals surface area contributed by atoms with E-state index in [1.165, 1.54) is 0 Å². The van der Waals surface area contributed by atoms with Crippen molar-refractivity contribution in [2.24, 2.45) is 0 Å². The summed E-state index contributed by atoms with van der Waals surface area (Å²) in [6.07, 6.45) is 2.61. The molecule has 2 rings (SSSR count). The average Bonchev–Trinajstić information content (AvgIpc) is 3.04. The smallest absolute Gasteiger partial charge is 0.162 e. The van der Waals surface area contributed by atoms with E-state index in [-0.39, 0.29) is 6.10 Å². The van der Waals surface area contributed by atoms with Crippen LogP contribution >= 0.6 is 0 Å². The van der Waals surface area contributed by atoms with Crippen LogP contribution in [0.2, 0.25) is 0 Å². The lowest BCUT2D eigenvalue weighted by Gasteiger charge is -2.14. The topological polar surface area (TPSA) is 42.2 Å². The maximum atomic E-state index is 8.84. The van der Waals surface area contributed by atoms with Gasteiger partial charge in [0, 0.05) is 6.07 Å². The zero-order valence-electron chi connectivity index (χ0n) is 9.56. The molecule has 84 valence electrons. The van der Waals surface area contributed by atoms with Gasteiger partial charge in [-0.05, 0) is 38.8 Å². The van der Waals surface area contributed by atoms with Crippen LogP contribution in [0.25, 0.3) is 0 Å². The van der Waals surface area contributed by atoms with Crippen molar-refractivity contribution in [2.75, 3.05) is 0 Å². The highest BCUT2D eigenvalue weighted by molar-refractivity contribution is 5.47. The molecule has 1 aliphatic rings. The molecule has 0 aliphatic heterocycles. The number of nitrogens with zero attached hydrogens (tertiary/aromatic N) is 1. The predicted molar refractivity (Wildman–Crippen MR) is 60.6 cm³/mol. The van der Waals surface area contributed by atoms with Crippen molar-refractivity contribution in [1.82, 2.24) is 0 Å². The Bertz CT molecular complexity index is 416. The van der Waals surface area contributed by atoms with E-state index >= 15 is 0 Å². The molecule has 0 atom stereocenters. The highest BCUT2D eigenvalue weighted by Crippen LogP contribution is 2.34. The Labute approximate surface area is 95.6 Å². The van der Waals surface area contributed by atoms with Crippen molar-refractivity contribution < 1.29 is 9.47 Å². The second-order valence-electron chi connectivity index (χ2n) is 4.26. The first-order valence-corrected chi connectivity index (χ1v) is 5.56. The Kier molecular flexibility index (Phi) is 3.00. The minimum Gasteiger partial charge on any atom is -0.487 e. The molecular weight excluding hydrogens is 202 g/mol. The highest BCUT2D eigenvalue weighted by Gasteiger charge is 2.25. The van der Waals surface area contributed by atoms with Crippen LogP contribution in [-0.4, -0.2) is 12.2 Å². The van der Waals surface area contributed by atoms with Crippen LogP contribution in [0.5, 0.6) is 11.5 Å². The van der Waals surface area contributed by atoms with Crippen molar-refractivity contribution in [2.45, 2.75) is 38.9 Å². The van der Waals surface area contributed by atoms with Crippen LogP contribution in [0.4, 0.5) is 0 Å². The lowest BCUT2D eigenvalue weighted by atomic mass is 10.2. The number of ether oxygens (including phenoxy) is 2. The molecule has 0 N–H and O–H groups in total. The molecule has 0 spiro atoms. The molecule has 3 heteroatoms. The molecule has 0 unspecified atom stereocenters. The Morgan fingerprint density at radius 1 is 1.31 bits per heavy atom. The van der Waals surface area contributed by atoms with Gasteiger partial charge in [-0.1, -0.05) is 0 Å². The SMILES string of the molecule is CC(C)Oc1ccc(C#N)cc1OC1CC1. The first kappa shape index (κ1) is 10.8. The summed E-state index contributed by atoms with van der Waals surface area (Å²) in [4.78, 5) is 0. The molecule has 0 bridgehead atoms. The van der Waals surface area contributed by atoms with Crippen LogP contribution in [0.1, 0.15) is 32.3 Å². The fraction of sp³-hybridized carbons (Fsp3) is 0.462. The molecule has 0 radical (unpaired) electrons. The van der Waals surface area contributed by atoms with Crippen molar-refractivity contribution in [3.05, 3.63) is 23.8 Å². The molecule has 3 nitrogen and oxygen atoms in total. The van der Waals surface area contributed by atoms with Gasteiger partial charge in [0.1, 0.15) is 0 Å². The second kappa shape index (κ2) is 4.44. The number of rotatable bonds is 4. The van der Waals surface area contributed by atoms with E-state index in [0.717, 1.165) is 18.6 Å². The molecule has 0 saturated heterocycles. The van der Waals surface area contributed by atoms with E-state index < -0.39 is 0 Å². The molecule has 1 saturated carbocycles. The monoisotopic (exact) mass is 217 g/mol. The average molecular weight is 217 g/mol. The van der Waals surface area contributed by atoms with E-state index in [0.29, 0.717) is 17.4 Å². The summed E-state index contributed by atoms with van der Waals surface area (Å²) in [6, 6.07) is 7.40. The van der Waals surface area contributed by atoms with Crippen molar-refractivity contribution in [3.63, 3.8) is 0 Å². The van der Waals surface area contributed by atoms with Crippen molar-refractivity contribution in [3.8, 4) is 17.6 Å². The molecule has 1 aliphatic carbocycles. The fourth-order valence-corrected chi connectivity index (χ4v) is 1.39. The van der Waals surface area contributed by atoms with Crippen LogP contribution in [0, 0.1) is 11.3 Å². The van der Waals surface area contributed by atoms with E-state index in [9.17, 15) is 0 Å². The Balaban J connectivity index is 2.23. The van der Waals surface area contributed by atoms with Gasteiger partial charge >= 0.3 is 0 Å². The van der Waals surface area contributed by atoms with E-state index in [1.54, 1.807) is 18.2 Å². The van der Waals surface area contributed by atoms with Gasteiger partial charge in [0.2, 0.25) is 0 Å². The molecule has 1 aromatic carbocycles. The molecule has 1 aromatic rings. The number of benzene rings is 1. The molecule has 16 heavy (non-hydrogen) atoms. The third-order valence-corrected chi connectivity index (χ3v) is 2.25. The predicted octanol–water partition coefficient (Wildman–Crippen LogP) is 2.89. The maximum absolute atomic E-state index is 8.84. The van der Waals surface area contributed by atoms with Crippen LogP contribution in [-0.2, 0) is 0 Å². The fourth-order valence-electron chi connectivity index (χ4n) is 1.39. The van der Waals surface area contributed by atoms with E-state index in [2.05, 4.69) is 6.07 Å². The Hall–Kier alpha value is -1.69.